The molecule has 1 aliphatic carbocycles. The molecule has 2 rings (SSSR count). The Balaban J connectivity index is 2.28. The summed E-state index contributed by atoms with van der Waals surface area (Å²) in [6.07, 6.45) is 6.72. The van der Waals surface area contributed by atoms with E-state index < -0.39 is 0 Å². The maximum atomic E-state index is 5.51. The summed E-state index contributed by atoms with van der Waals surface area (Å²) in [6, 6.07) is 0. The molecule has 0 saturated carbocycles. The molecule has 3 N–H and O–H groups in total. The number of hydrogen-bond donors (Lipinski definition) is 2. The van der Waals surface area contributed by atoms with Crippen LogP contribution in [0.4, 0.5) is 0 Å². The number of nitrogens with two attached hydrogens (primary N) is 1. The second kappa shape index (κ2) is 1.95. The van der Waals surface area contributed by atoms with Crippen molar-refractivity contribution >= 4 is 6.21 Å². The molecule has 0 fully saturated rings. The van der Waals surface area contributed by atoms with E-state index in [2.05, 4.69) is 16.4 Å². The summed E-state index contributed by atoms with van der Waals surface area (Å²) in [5, 5.41) is 3.05. The summed E-state index contributed by atoms with van der Waals surface area (Å²) in [5.74, 6) is 0. The molecule has 0 amide bonds. The summed E-state index contributed by atoms with van der Waals surface area (Å²) in [4.78, 5) is 4.02. The Kier molecular flexibility index (Phi) is 1.11. The molecule has 2 aliphatic rings. The standard InChI is InChI=1S/C7H9N3/c8-7-9-4-5-2-1-3-6(5)10-7/h1,3-4,7,10H,2,8H2. The van der Waals surface area contributed by atoms with Gasteiger partial charge in [-0.1, -0.05) is 6.08 Å². The van der Waals surface area contributed by atoms with Gasteiger partial charge >= 0.3 is 0 Å². The van der Waals surface area contributed by atoms with E-state index >= 15 is 0 Å². The molecule has 3 nitrogen and oxygen atoms in total. The first-order valence-electron chi connectivity index (χ1n) is 3.31. The molecule has 0 saturated heterocycles. The smallest absolute Gasteiger partial charge is 0.171 e. The van der Waals surface area contributed by atoms with Gasteiger partial charge in [0.15, 0.2) is 6.29 Å². The van der Waals surface area contributed by atoms with Crippen LogP contribution in [0.15, 0.2) is 28.4 Å². The topological polar surface area (TPSA) is 50.4 Å². The second-order valence-corrected chi connectivity index (χ2v) is 2.41. The van der Waals surface area contributed by atoms with Crippen LogP contribution in [0.5, 0.6) is 0 Å². The third-order valence-corrected chi connectivity index (χ3v) is 1.66. The fourth-order valence-corrected chi connectivity index (χ4v) is 1.15. The number of rotatable bonds is 0. The van der Waals surface area contributed by atoms with Gasteiger partial charge in [-0.3, -0.25) is 10.7 Å². The van der Waals surface area contributed by atoms with Gasteiger partial charge in [0.1, 0.15) is 0 Å². The predicted octanol–water partition coefficient (Wildman–Crippen LogP) is 0.117. The molecule has 0 spiro atoms. The van der Waals surface area contributed by atoms with Crippen molar-refractivity contribution in [3.05, 3.63) is 23.4 Å². The highest BCUT2D eigenvalue weighted by Crippen LogP contribution is 2.17. The molecule has 1 heterocycles. The largest absolute Gasteiger partial charge is 0.351 e. The molecule has 1 atom stereocenters. The lowest BCUT2D eigenvalue weighted by Crippen LogP contribution is -2.37. The average molecular weight is 135 g/mol. The molecule has 52 valence electrons. The lowest BCUT2D eigenvalue weighted by atomic mass is 10.2. The van der Waals surface area contributed by atoms with E-state index in [1.807, 2.05) is 12.3 Å². The van der Waals surface area contributed by atoms with Gasteiger partial charge in [-0.25, -0.2) is 0 Å². The van der Waals surface area contributed by atoms with Crippen molar-refractivity contribution in [1.29, 1.82) is 0 Å². The van der Waals surface area contributed by atoms with Crippen LogP contribution < -0.4 is 11.1 Å². The monoisotopic (exact) mass is 135 g/mol. The summed E-state index contributed by atoms with van der Waals surface area (Å²) >= 11 is 0. The van der Waals surface area contributed by atoms with Crippen molar-refractivity contribution in [2.45, 2.75) is 12.7 Å². The van der Waals surface area contributed by atoms with Gasteiger partial charge in [-0.2, -0.15) is 0 Å². The van der Waals surface area contributed by atoms with Crippen LogP contribution in [0.1, 0.15) is 6.42 Å². The van der Waals surface area contributed by atoms with E-state index in [-0.39, 0.29) is 6.29 Å². The van der Waals surface area contributed by atoms with Gasteiger partial charge in [0.25, 0.3) is 0 Å². The fraction of sp³-hybridized carbons (Fsp3) is 0.286. The van der Waals surface area contributed by atoms with Crippen LogP contribution in [0, 0.1) is 0 Å². The van der Waals surface area contributed by atoms with Gasteiger partial charge in [0, 0.05) is 11.9 Å². The maximum absolute atomic E-state index is 5.51. The Bertz CT molecular complexity index is 237. The third kappa shape index (κ3) is 0.752. The zero-order chi connectivity index (χ0) is 6.97. The zero-order valence-corrected chi connectivity index (χ0v) is 5.54. The number of hydrogen-bond acceptors (Lipinski definition) is 3. The molecule has 0 aromatic rings. The van der Waals surface area contributed by atoms with E-state index in [1.165, 1.54) is 5.57 Å². The van der Waals surface area contributed by atoms with Crippen LogP contribution in [-0.2, 0) is 0 Å². The number of aliphatic imine (C=N–C) groups is 1. The summed E-state index contributed by atoms with van der Waals surface area (Å²) in [6.45, 7) is 0. The molecule has 0 bridgehead atoms. The number of allylic oxidation sites excluding steroid dienone is 3. The molecule has 1 unspecified atom stereocenters. The number of nitrogens with zero attached hydrogens (tertiary/aromatic N) is 1. The first-order chi connectivity index (χ1) is 4.86. The van der Waals surface area contributed by atoms with Crippen molar-refractivity contribution in [2.75, 3.05) is 0 Å². The van der Waals surface area contributed by atoms with E-state index in [0.717, 1.165) is 12.1 Å². The summed E-state index contributed by atoms with van der Waals surface area (Å²) < 4.78 is 0. The normalized spacial score (nSPS) is 28.7. The molecule has 10 heavy (non-hydrogen) atoms. The molecule has 0 aromatic carbocycles. The fourth-order valence-electron chi connectivity index (χ4n) is 1.15. The summed E-state index contributed by atoms with van der Waals surface area (Å²) in [5.41, 5.74) is 7.88. The van der Waals surface area contributed by atoms with E-state index in [0.29, 0.717) is 0 Å². The minimum absolute atomic E-state index is 0.249. The van der Waals surface area contributed by atoms with Crippen LogP contribution in [0.2, 0.25) is 0 Å². The van der Waals surface area contributed by atoms with E-state index in [1.54, 1.807) is 0 Å². The van der Waals surface area contributed by atoms with Gasteiger partial charge in [0.05, 0.1) is 0 Å². The van der Waals surface area contributed by atoms with Crippen molar-refractivity contribution in [2.24, 2.45) is 10.7 Å². The average Bonchev–Trinajstić information content (AvgIpc) is 2.33. The lowest BCUT2D eigenvalue weighted by molar-refractivity contribution is 0.617. The Morgan fingerprint density at radius 1 is 1.70 bits per heavy atom. The third-order valence-electron chi connectivity index (χ3n) is 1.66. The zero-order valence-electron chi connectivity index (χ0n) is 5.54. The van der Waals surface area contributed by atoms with Crippen LogP contribution in [-0.4, -0.2) is 12.5 Å². The van der Waals surface area contributed by atoms with Crippen molar-refractivity contribution in [3.63, 3.8) is 0 Å². The molecule has 1 aliphatic heterocycles. The van der Waals surface area contributed by atoms with Crippen molar-refractivity contribution < 1.29 is 0 Å². The van der Waals surface area contributed by atoms with Crippen LogP contribution in [0.3, 0.4) is 0 Å². The molecule has 3 heteroatoms. The number of nitrogens with one attached hydrogen (secondary N) is 1. The van der Waals surface area contributed by atoms with Gasteiger partial charge in [0.2, 0.25) is 0 Å². The molecular weight excluding hydrogens is 126 g/mol. The van der Waals surface area contributed by atoms with Gasteiger partial charge in [-0.15, -0.1) is 0 Å². The van der Waals surface area contributed by atoms with Gasteiger partial charge < -0.3 is 5.32 Å². The highest BCUT2D eigenvalue weighted by atomic mass is 15.2. The van der Waals surface area contributed by atoms with E-state index in [4.69, 9.17) is 5.73 Å². The SMILES string of the molecule is NC1N=CC2=C(C=CC2)N1. The minimum atomic E-state index is -0.249. The van der Waals surface area contributed by atoms with Crippen molar-refractivity contribution in [3.8, 4) is 0 Å². The first kappa shape index (κ1) is 5.68. The molecule has 0 radical (unpaired) electrons. The van der Waals surface area contributed by atoms with Crippen molar-refractivity contribution in [1.82, 2.24) is 5.32 Å². The molecular formula is C7H9N3. The Hall–Kier alpha value is -1.09. The Labute approximate surface area is 59.3 Å². The highest BCUT2D eigenvalue weighted by molar-refractivity contribution is 5.83. The summed E-state index contributed by atoms with van der Waals surface area (Å²) in [7, 11) is 0. The van der Waals surface area contributed by atoms with Gasteiger partial charge in [-0.05, 0) is 18.1 Å². The van der Waals surface area contributed by atoms with Crippen LogP contribution in [0.25, 0.3) is 0 Å². The quantitative estimate of drug-likeness (QED) is 0.495. The minimum Gasteiger partial charge on any atom is -0.351 e. The first-order valence-corrected chi connectivity index (χ1v) is 3.31. The Morgan fingerprint density at radius 3 is 3.50 bits per heavy atom. The Morgan fingerprint density at radius 2 is 2.60 bits per heavy atom. The van der Waals surface area contributed by atoms with E-state index in [9.17, 15) is 0 Å². The van der Waals surface area contributed by atoms with Crippen LogP contribution >= 0.6 is 0 Å². The highest BCUT2D eigenvalue weighted by Gasteiger charge is 2.12. The maximum Gasteiger partial charge on any atom is 0.171 e. The second-order valence-electron chi connectivity index (χ2n) is 2.41. The lowest BCUT2D eigenvalue weighted by Gasteiger charge is -2.15. The predicted molar refractivity (Wildman–Crippen MR) is 40.4 cm³/mol. The molecule has 0 aromatic heterocycles.